The Kier molecular flexibility index (Phi) is 3.17. The van der Waals surface area contributed by atoms with Gasteiger partial charge in [0.05, 0.1) is 5.52 Å². The van der Waals surface area contributed by atoms with Crippen molar-refractivity contribution in [2.24, 2.45) is 7.05 Å². The highest BCUT2D eigenvalue weighted by molar-refractivity contribution is 6.07. The fourth-order valence-corrected chi connectivity index (χ4v) is 2.44. The van der Waals surface area contributed by atoms with Gasteiger partial charge in [0.15, 0.2) is 5.69 Å². The van der Waals surface area contributed by atoms with E-state index in [-0.39, 0.29) is 18.0 Å². The van der Waals surface area contributed by atoms with Crippen molar-refractivity contribution in [3.8, 4) is 0 Å². The summed E-state index contributed by atoms with van der Waals surface area (Å²) in [4.78, 5) is 35.1. The first kappa shape index (κ1) is 13.3. The lowest BCUT2D eigenvalue weighted by Crippen LogP contribution is -2.52. The van der Waals surface area contributed by atoms with E-state index in [1.165, 1.54) is 0 Å². The quantitative estimate of drug-likeness (QED) is 0.766. The van der Waals surface area contributed by atoms with Crippen LogP contribution >= 0.6 is 0 Å². The first-order chi connectivity index (χ1) is 10.1. The van der Waals surface area contributed by atoms with Crippen LogP contribution in [0.1, 0.15) is 23.3 Å². The SMILES string of the molecule is Cn1nc(C(=O)NC2CCC(=O)NC2=O)c2ccccc21. The van der Waals surface area contributed by atoms with E-state index in [4.69, 9.17) is 0 Å². The van der Waals surface area contributed by atoms with Crippen LogP contribution in [0, 0.1) is 0 Å². The first-order valence-corrected chi connectivity index (χ1v) is 6.62. The number of hydrogen-bond acceptors (Lipinski definition) is 4. The van der Waals surface area contributed by atoms with E-state index >= 15 is 0 Å². The zero-order valence-corrected chi connectivity index (χ0v) is 11.4. The van der Waals surface area contributed by atoms with Gasteiger partial charge in [-0.1, -0.05) is 18.2 Å². The molecule has 1 atom stereocenters. The number of imide groups is 1. The Morgan fingerprint density at radius 3 is 2.90 bits per heavy atom. The number of piperidine rings is 1. The number of nitrogens with one attached hydrogen (secondary N) is 2. The van der Waals surface area contributed by atoms with Gasteiger partial charge >= 0.3 is 0 Å². The van der Waals surface area contributed by atoms with Crippen molar-refractivity contribution in [1.82, 2.24) is 20.4 Å². The minimum Gasteiger partial charge on any atom is -0.339 e. The number of carbonyl (C=O) groups is 3. The van der Waals surface area contributed by atoms with Crippen LogP contribution in [-0.2, 0) is 16.6 Å². The van der Waals surface area contributed by atoms with Gasteiger partial charge in [-0.25, -0.2) is 0 Å². The summed E-state index contributed by atoms with van der Waals surface area (Å²) in [6, 6.07) is 6.67. The van der Waals surface area contributed by atoms with Crippen molar-refractivity contribution in [2.75, 3.05) is 0 Å². The second kappa shape index (κ2) is 5.01. The van der Waals surface area contributed by atoms with E-state index in [1.807, 2.05) is 24.3 Å². The number of aromatic nitrogens is 2. The molecule has 2 aromatic rings. The minimum atomic E-state index is -0.698. The highest BCUT2D eigenvalue weighted by Crippen LogP contribution is 2.17. The van der Waals surface area contributed by atoms with Gasteiger partial charge in [-0.2, -0.15) is 5.10 Å². The van der Waals surface area contributed by atoms with Crippen LogP contribution in [0.3, 0.4) is 0 Å². The Labute approximate surface area is 120 Å². The average molecular weight is 286 g/mol. The smallest absolute Gasteiger partial charge is 0.273 e. The summed E-state index contributed by atoms with van der Waals surface area (Å²) in [5.74, 6) is -1.20. The summed E-state index contributed by atoms with van der Waals surface area (Å²) < 4.78 is 1.62. The number of hydrogen-bond donors (Lipinski definition) is 2. The molecule has 3 amide bonds. The third-order valence-corrected chi connectivity index (χ3v) is 3.52. The predicted molar refractivity (Wildman–Crippen MR) is 74.4 cm³/mol. The standard InChI is InChI=1S/C14H14N4O3/c1-18-10-5-3-2-4-8(10)12(17-18)14(21)15-9-6-7-11(19)16-13(9)20/h2-5,9H,6-7H2,1H3,(H,15,21)(H,16,19,20). The average Bonchev–Trinajstić information content (AvgIpc) is 2.80. The van der Waals surface area contributed by atoms with Gasteiger partial charge in [0.2, 0.25) is 11.8 Å². The molecule has 2 heterocycles. The van der Waals surface area contributed by atoms with Crippen LogP contribution in [0.25, 0.3) is 10.9 Å². The molecule has 0 radical (unpaired) electrons. The Morgan fingerprint density at radius 1 is 1.38 bits per heavy atom. The first-order valence-electron chi connectivity index (χ1n) is 6.62. The Bertz CT molecular complexity index is 750. The van der Waals surface area contributed by atoms with Crippen molar-refractivity contribution in [3.63, 3.8) is 0 Å². The topological polar surface area (TPSA) is 93.1 Å². The van der Waals surface area contributed by atoms with Crippen LogP contribution in [-0.4, -0.2) is 33.5 Å². The van der Waals surface area contributed by atoms with E-state index in [1.54, 1.807) is 11.7 Å². The van der Waals surface area contributed by atoms with E-state index in [2.05, 4.69) is 15.7 Å². The lowest BCUT2D eigenvalue weighted by atomic mass is 10.1. The maximum Gasteiger partial charge on any atom is 0.273 e. The second-order valence-electron chi connectivity index (χ2n) is 4.97. The Morgan fingerprint density at radius 2 is 2.14 bits per heavy atom. The maximum absolute atomic E-state index is 12.3. The van der Waals surface area contributed by atoms with Crippen LogP contribution in [0.2, 0.25) is 0 Å². The third-order valence-electron chi connectivity index (χ3n) is 3.52. The van der Waals surface area contributed by atoms with Crippen molar-refractivity contribution in [2.45, 2.75) is 18.9 Å². The minimum absolute atomic E-state index is 0.222. The molecule has 7 nitrogen and oxygen atoms in total. The molecule has 2 N–H and O–H groups in total. The molecule has 0 bridgehead atoms. The highest BCUT2D eigenvalue weighted by Gasteiger charge is 2.29. The van der Waals surface area contributed by atoms with Crippen molar-refractivity contribution >= 4 is 28.6 Å². The van der Waals surface area contributed by atoms with Gasteiger partial charge < -0.3 is 5.32 Å². The molecular formula is C14H14N4O3. The second-order valence-corrected chi connectivity index (χ2v) is 4.97. The summed E-state index contributed by atoms with van der Waals surface area (Å²) in [6.45, 7) is 0. The van der Waals surface area contributed by atoms with Crippen LogP contribution in [0.5, 0.6) is 0 Å². The Balaban J connectivity index is 1.85. The predicted octanol–water partition coefficient (Wildman–Crippen LogP) is 0.108. The molecule has 1 aliphatic rings. The van der Waals surface area contributed by atoms with Crippen molar-refractivity contribution in [3.05, 3.63) is 30.0 Å². The zero-order chi connectivity index (χ0) is 15.0. The van der Waals surface area contributed by atoms with Crippen molar-refractivity contribution in [1.29, 1.82) is 0 Å². The molecule has 108 valence electrons. The fourth-order valence-electron chi connectivity index (χ4n) is 2.44. The van der Waals surface area contributed by atoms with Crippen LogP contribution in [0.15, 0.2) is 24.3 Å². The number of fused-ring (bicyclic) bond motifs is 1. The number of aryl methyl sites for hydroxylation is 1. The molecule has 0 spiro atoms. The fraction of sp³-hybridized carbons (Fsp3) is 0.286. The van der Waals surface area contributed by atoms with E-state index in [0.717, 1.165) is 10.9 Å². The highest BCUT2D eigenvalue weighted by atomic mass is 16.2. The van der Waals surface area contributed by atoms with Gasteiger partial charge in [-0.05, 0) is 12.5 Å². The van der Waals surface area contributed by atoms with Gasteiger partial charge in [0.1, 0.15) is 6.04 Å². The Hall–Kier alpha value is -2.70. The van der Waals surface area contributed by atoms with Gasteiger partial charge in [0.25, 0.3) is 5.91 Å². The van der Waals surface area contributed by atoms with Gasteiger partial charge in [-0.15, -0.1) is 0 Å². The molecule has 3 rings (SSSR count). The van der Waals surface area contributed by atoms with Gasteiger partial charge in [-0.3, -0.25) is 24.4 Å². The summed E-state index contributed by atoms with van der Waals surface area (Å²) in [7, 11) is 1.76. The molecule has 1 fully saturated rings. The van der Waals surface area contributed by atoms with Crippen molar-refractivity contribution < 1.29 is 14.4 Å². The summed E-state index contributed by atoms with van der Waals surface area (Å²) >= 11 is 0. The largest absolute Gasteiger partial charge is 0.339 e. The summed E-state index contributed by atoms with van der Waals surface area (Å²) in [5.41, 5.74) is 1.11. The van der Waals surface area contributed by atoms with Crippen LogP contribution in [0.4, 0.5) is 0 Å². The molecule has 1 saturated heterocycles. The van der Waals surface area contributed by atoms with Gasteiger partial charge in [0, 0.05) is 18.9 Å². The molecule has 0 saturated carbocycles. The maximum atomic E-state index is 12.3. The van der Waals surface area contributed by atoms with E-state index in [9.17, 15) is 14.4 Å². The normalized spacial score (nSPS) is 18.6. The number of carbonyl (C=O) groups excluding carboxylic acids is 3. The number of para-hydroxylation sites is 1. The van der Waals surface area contributed by atoms with Crippen LogP contribution < -0.4 is 10.6 Å². The summed E-state index contributed by atoms with van der Waals surface area (Å²) in [6.07, 6.45) is 0.529. The molecule has 1 unspecified atom stereocenters. The third kappa shape index (κ3) is 2.37. The number of benzene rings is 1. The molecule has 0 aliphatic carbocycles. The molecule has 7 heteroatoms. The number of nitrogens with zero attached hydrogens (tertiary/aromatic N) is 2. The summed E-state index contributed by atoms with van der Waals surface area (Å²) in [5, 5.41) is 9.77. The zero-order valence-electron chi connectivity index (χ0n) is 11.4. The molecule has 21 heavy (non-hydrogen) atoms. The lowest BCUT2D eigenvalue weighted by molar-refractivity contribution is -0.134. The van der Waals surface area contributed by atoms with E-state index < -0.39 is 17.9 Å². The molecular weight excluding hydrogens is 272 g/mol. The molecule has 1 aromatic carbocycles. The molecule has 1 aromatic heterocycles. The number of amides is 3. The number of rotatable bonds is 2. The molecule has 1 aliphatic heterocycles. The monoisotopic (exact) mass is 286 g/mol. The lowest BCUT2D eigenvalue weighted by Gasteiger charge is -2.21. The van der Waals surface area contributed by atoms with E-state index in [0.29, 0.717) is 6.42 Å².